The standard InChI is InChI=1S/C24H21NO3/c1-3-27-22-12-10-21(11-13-22)24(26)17(2)28-23-14-8-20(9-15-23)19-6-4-18(16-25)5-7-19/h4-15,17H,3H2,1-2H3/t17-/m0/s1. The van der Waals surface area contributed by atoms with Crippen molar-refractivity contribution in [3.63, 3.8) is 0 Å². The van der Waals surface area contributed by atoms with Crippen LogP contribution in [0.1, 0.15) is 29.8 Å². The summed E-state index contributed by atoms with van der Waals surface area (Å²) >= 11 is 0. The topological polar surface area (TPSA) is 59.3 Å². The molecule has 0 saturated heterocycles. The molecule has 0 aliphatic carbocycles. The van der Waals surface area contributed by atoms with Crippen LogP contribution in [0.25, 0.3) is 11.1 Å². The summed E-state index contributed by atoms with van der Waals surface area (Å²) in [7, 11) is 0. The summed E-state index contributed by atoms with van der Waals surface area (Å²) < 4.78 is 11.2. The summed E-state index contributed by atoms with van der Waals surface area (Å²) in [4.78, 5) is 12.6. The Morgan fingerprint density at radius 2 is 1.43 bits per heavy atom. The van der Waals surface area contributed by atoms with Crippen molar-refractivity contribution in [2.45, 2.75) is 20.0 Å². The quantitative estimate of drug-likeness (QED) is 0.531. The van der Waals surface area contributed by atoms with Crippen LogP contribution < -0.4 is 9.47 Å². The van der Waals surface area contributed by atoms with E-state index in [1.165, 1.54) is 0 Å². The van der Waals surface area contributed by atoms with E-state index in [9.17, 15) is 4.79 Å². The first-order valence-corrected chi connectivity index (χ1v) is 9.15. The second-order valence-corrected chi connectivity index (χ2v) is 6.30. The Kier molecular flexibility index (Phi) is 6.08. The number of carbonyl (C=O) groups excluding carboxylic acids is 1. The van der Waals surface area contributed by atoms with Crippen molar-refractivity contribution in [3.8, 4) is 28.7 Å². The zero-order valence-electron chi connectivity index (χ0n) is 15.9. The molecule has 0 amide bonds. The molecule has 0 radical (unpaired) electrons. The number of hydrogen-bond donors (Lipinski definition) is 0. The van der Waals surface area contributed by atoms with Crippen molar-refractivity contribution < 1.29 is 14.3 Å². The number of hydrogen-bond acceptors (Lipinski definition) is 4. The second-order valence-electron chi connectivity index (χ2n) is 6.30. The maximum atomic E-state index is 12.6. The average molecular weight is 371 g/mol. The molecular formula is C24H21NO3. The first-order valence-electron chi connectivity index (χ1n) is 9.15. The van der Waals surface area contributed by atoms with Gasteiger partial charge in [-0.25, -0.2) is 0 Å². The summed E-state index contributed by atoms with van der Waals surface area (Å²) in [6.45, 7) is 4.25. The summed E-state index contributed by atoms with van der Waals surface area (Å²) in [5.41, 5.74) is 3.25. The van der Waals surface area contributed by atoms with Gasteiger partial charge in [-0.2, -0.15) is 5.26 Å². The lowest BCUT2D eigenvalue weighted by Gasteiger charge is -2.14. The molecule has 1 atom stereocenters. The van der Waals surface area contributed by atoms with E-state index in [4.69, 9.17) is 14.7 Å². The monoisotopic (exact) mass is 371 g/mol. The number of Topliss-reactive ketones (excluding diaryl/α,β-unsaturated/α-hetero) is 1. The number of nitriles is 1. The second kappa shape index (κ2) is 8.88. The first-order chi connectivity index (χ1) is 13.6. The maximum absolute atomic E-state index is 12.6. The van der Waals surface area contributed by atoms with E-state index in [1.807, 2.05) is 43.3 Å². The molecule has 140 valence electrons. The summed E-state index contributed by atoms with van der Waals surface area (Å²) in [5.74, 6) is 1.29. The Labute approximate surface area is 165 Å². The first kappa shape index (κ1) is 19.2. The molecule has 0 aliphatic rings. The number of carbonyl (C=O) groups is 1. The van der Waals surface area contributed by atoms with Gasteiger partial charge in [-0.15, -0.1) is 0 Å². The lowest BCUT2D eigenvalue weighted by Crippen LogP contribution is -2.23. The molecule has 0 unspecified atom stereocenters. The Morgan fingerprint density at radius 1 is 0.893 bits per heavy atom. The molecule has 0 saturated carbocycles. The molecule has 0 aliphatic heterocycles. The summed E-state index contributed by atoms with van der Waals surface area (Å²) in [6.07, 6.45) is -0.598. The Balaban J connectivity index is 1.65. The van der Waals surface area contributed by atoms with Gasteiger partial charge in [0, 0.05) is 5.56 Å². The van der Waals surface area contributed by atoms with E-state index in [2.05, 4.69) is 6.07 Å². The van der Waals surface area contributed by atoms with Gasteiger partial charge in [0.25, 0.3) is 0 Å². The van der Waals surface area contributed by atoms with Crippen LogP contribution >= 0.6 is 0 Å². The van der Waals surface area contributed by atoms with Gasteiger partial charge < -0.3 is 9.47 Å². The van der Waals surface area contributed by atoms with Crippen LogP contribution in [0.2, 0.25) is 0 Å². The maximum Gasteiger partial charge on any atom is 0.202 e. The molecule has 3 rings (SSSR count). The van der Waals surface area contributed by atoms with Crippen molar-refractivity contribution in [1.29, 1.82) is 5.26 Å². The van der Waals surface area contributed by atoms with Crippen LogP contribution in [0, 0.1) is 11.3 Å². The van der Waals surface area contributed by atoms with E-state index < -0.39 is 6.10 Å². The van der Waals surface area contributed by atoms with E-state index in [0.717, 1.165) is 16.9 Å². The molecule has 3 aromatic rings. The van der Waals surface area contributed by atoms with Crippen LogP contribution in [-0.4, -0.2) is 18.5 Å². The smallest absolute Gasteiger partial charge is 0.202 e. The van der Waals surface area contributed by atoms with Crippen molar-refractivity contribution >= 4 is 5.78 Å². The normalized spacial score (nSPS) is 11.3. The van der Waals surface area contributed by atoms with Crippen LogP contribution in [0.5, 0.6) is 11.5 Å². The molecule has 0 fully saturated rings. The van der Waals surface area contributed by atoms with Crippen LogP contribution in [0.15, 0.2) is 72.8 Å². The van der Waals surface area contributed by atoms with Gasteiger partial charge in [-0.05, 0) is 73.5 Å². The Morgan fingerprint density at radius 3 is 1.96 bits per heavy atom. The largest absolute Gasteiger partial charge is 0.494 e. The highest BCUT2D eigenvalue weighted by molar-refractivity contribution is 5.99. The van der Waals surface area contributed by atoms with Crippen molar-refractivity contribution in [1.82, 2.24) is 0 Å². The lowest BCUT2D eigenvalue weighted by molar-refractivity contribution is 0.0818. The van der Waals surface area contributed by atoms with Crippen LogP contribution in [0.4, 0.5) is 0 Å². The number of ether oxygens (including phenoxy) is 2. The average Bonchev–Trinajstić information content (AvgIpc) is 2.74. The third-order valence-electron chi connectivity index (χ3n) is 4.33. The zero-order valence-corrected chi connectivity index (χ0v) is 15.9. The van der Waals surface area contributed by atoms with Gasteiger partial charge in [0.2, 0.25) is 5.78 Å². The molecule has 0 aromatic heterocycles. The minimum absolute atomic E-state index is 0.0841. The van der Waals surface area contributed by atoms with E-state index in [-0.39, 0.29) is 5.78 Å². The molecule has 0 heterocycles. The van der Waals surface area contributed by atoms with Gasteiger partial charge in [0.1, 0.15) is 11.5 Å². The molecule has 0 spiro atoms. The van der Waals surface area contributed by atoms with Crippen molar-refractivity contribution in [3.05, 3.63) is 83.9 Å². The molecule has 0 N–H and O–H groups in total. The summed E-state index contributed by atoms with van der Waals surface area (Å²) in [6, 6.07) is 24.1. The third-order valence-corrected chi connectivity index (χ3v) is 4.33. The summed E-state index contributed by atoms with van der Waals surface area (Å²) in [5, 5.41) is 8.88. The number of nitrogens with zero attached hydrogens (tertiary/aromatic N) is 1. The molecule has 3 aromatic carbocycles. The molecule has 4 heteroatoms. The van der Waals surface area contributed by atoms with Crippen molar-refractivity contribution in [2.75, 3.05) is 6.61 Å². The fourth-order valence-electron chi connectivity index (χ4n) is 2.84. The molecule has 0 bridgehead atoms. The number of benzene rings is 3. The Hall–Kier alpha value is -3.58. The van der Waals surface area contributed by atoms with Gasteiger partial charge in [0.05, 0.1) is 18.2 Å². The highest BCUT2D eigenvalue weighted by atomic mass is 16.5. The molecule has 4 nitrogen and oxygen atoms in total. The van der Waals surface area contributed by atoms with E-state index in [1.54, 1.807) is 43.3 Å². The van der Waals surface area contributed by atoms with E-state index >= 15 is 0 Å². The van der Waals surface area contributed by atoms with Gasteiger partial charge in [-0.3, -0.25) is 4.79 Å². The number of ketones is 1. The minimum Gasteiger partial charge on any atom is -0.494 e. The van der Waals surface area contributed by atoms with E-state index in [0.29, 0.717) is 23.5 Å². The fraction of sp³-hybridized carbons (Fsp3) is 0.167. The predicted octanol–water partition coefficient (Wildman–Crippen LogP) is 5.27. The SMILES string of the molecule is CCOc1ccc(C(=O)[C@H](C)Oc2ccc(-c3ccc(C#N)cc3)cc2)cc1. The van der Waals surface area contributed by atoms with Crippen LogP contribution in [-0.2, 0) is 0 Å². The van der Waals surface area contributed by atoms with Gasteiger partial charge >= 0.3 is 0 Å². The lowest BCUT2D eigenvalue weighted by atomic mass is 10.0. The Bertz CT molecular complexity index is 968. The zero-order chi connectivity index (χ0) is 19.9. The highest BCUT2D eigenvalue weighted by Gasteiger charge is 2.17. The third kappa shape index (κ3) is 4.57. The fourth-order valence-corrected chi connectivity index (χ4v) is 2.84. The molecular weight excluding hydrogens is 350 g/mol. The van der Waals surface area contributed by atoms with Gasteiger partial charge in [-0.1, -0.05) is 24.3 Å². The highest BCUT2D eigenvalue weighted by Crippen LogP contribution is 2.24. The minimum atomic E-state index is -0.598. The van der Waals surface area contributed by atoms with Crippen LogP contribution in [0.3, 0.4) is 0 Å². The van der Waals surface area contributed by atoms with Crippen molar-refractivity contribution in [2.24, 2.45) is 0 Å². The van der Waals surface area contributed by atoms with Gasteiger partial charge in [0.15, 0.2) is 6.10 Å². The number of rotatable bonds is 7. The predicted molar refractivity (Wildman–Crippen MR) is 109 cm³/mol. The molecule has 28 heavy (non-hydrogen) atoms.